The molecule has 3 rings (SSSR count). The minimum absolute atomic E-state index is 0.103. The number of hydrogen-bond acceptors (Lipinski definition) is 5. The van der Waals surface area contributed by atoms with E-state index in [-0.39, 0.29) is 5.56 Å². The SMILES string of the molecule is Cn1ncc2c(=O)n(CCCCNC3CC3)nnc21. The molecule has 0 atom stereocenters. The summed E-state index contributed by atoms with van der Waals surface area (Å²) in [5.41, 5.74) is 0.435. The molecule has 0 saturated heterocycles. The Balaban J connectivity index is 1.60. The summed E-state index contributed by atoms with van der Waals surface area (Å²) in [7, 11) is 1.75. The first-order valence-corrected chi connectivity index (χ1v) is 6.74. The third-order valence-corrected chi connectivity index (χ3v) is 3.43. The average Bonchev–Trinajstić information content (AvgIpc) is 3.15. The van der Waals surface area contributed by atoms with Crippen molar-refractivity contribution < 1.29 is 0 Å². The molecule has 1 saturated carbocycles. The van der Waals surface area contributed by atoms with Gasteiger partial charge in [0.05, 0.1) is 6.20 Å². The van der Waals surface area contributed by atoms with Gasteiger partial charge in [0.1, 0.15) is 5.39 Å². The van der Waals surface area contributed by atoms with E-state index in [1.54, 1.807) is 17.9 Å². The van der Waals surface area contributed by atoms with Crippen LogP contribution in [0.4, 0.5) is 0 Å². The van der Waals surface area contributed by atoms with Crippen molar-refractivity contribution in [3.8, 4) is 0 Å². The average molecular weight is 262 g/mol. The van der Waals surface area contributed by atoms with Crippen molar-refractivity contribution in [1.82, 2.24) is 30.1 Å². The monoisotopic (exact) mass is 262 g/mol. The molecule has 0 aliphatic heterocycles. The quantitative estimate of drug-likeness (QED) is 0.745. The minimum atomic E-state index is -0.103. The van der Waals surface area contributed by atoms with Gasteiger partial charge in [0.2, 0.25) is 0 Å². The first-order chi connectivity index (χ1) is 9.25. The molecule has 1 aliphatic rings. The summed E-state index contributed by atoms with van der Waals surface area (Å²) >= 11 is 0. The van der Waals surface area contributed by atoms with Crippen LogP contribution in [0.25, 0.3) is 11.0 Å². The van der Waals surface area contributed by atoms with Crippen LogP contribution in [-0.4, -0.2) is 37.4 Å². The van der Waals surface area contributed by atoms with Gasteiger partial charge < -0.3 is 5.32 Å². The number of rotatable bonds is 6. The van der Waals surface area contributed by atoms with Crippen LogP contribution in [-0.2, 0) is 13.6 Å². The molecule has 0 radical (unpaired) electrons. The molecule has 1 fully saturated rings. The highest BCUT2D eigenvalue weighted by Gasteiger charge is 2.19. The minimum Gasteiger partial charge on any atom is -0.314 e. The van der Waals surface area contributed by atoms with E-state index in [1.807, 2.05) is 0 Å². The van der Waals surface area contributed by atoms with Gasteiger partial charge in [-0.05, 0) is 32.2 Å². The van der Waals surface area contributed by atoms with E-state index in [0.29, 0.717) is 17.6 Å². The van der Waals surface area contributed by atoms with Gasteiger partial charge in [0.25, 0.3) is 5.56 Å². The van der Waals surface area contributed by atoms with Gasteiger partial charge in [-0.2, -0.15) is 5.10 Å². The van der Waals surface area contributed by atoms with E-state index < -0.39 is 0 Å². The van der Waals surface area contributed by atoms with Crippen LogP contribution < -0.4 is 10.9 Å². The van der Waals surface area contributed by atoms with Gasteiger partial charge in [-0.3, -0.25) is 4.79 Å². The molecule has 0 amide bonds. The molecule has 7 nitrogen and oxygen atoms in total. The zero-order valence-electron chi connectivity index (χ0n) is 11.0. The van der Waals surface area contributed by atoms with E-state index in [0.717, 1.165) is 25.4 Å². The molecule has 0 spiro atoms. The predicted molar refractivity (Wildman–Crippen MR) is 70.8 cm³/mol. The highest BCUT2D eigenvalue weighted by atomic mass is 16.1. The van der Waals surface area contributed by atoms with Gasteiger partial charge in [-0.1, -0.05) is 5.21 Å². The predicted octanol–water partition coefficient (Wildman–Crippen LogP) is 0.0572. The Morgan fingerprint density at radius 1 is 1.42 bits per heavy atom. The highest BCUT2D eigenvalue weighted by molar-refractivity contribution is 5.72. The molecular weight excluding hydrogens is 244 g/mol. The van der Waals surface area contributed by atoms with Crippen LogP contribution in [0.5, 0.6) is 0 Å². The van der Waals surface area contributed by atoms with Gasteiger partial charge in [-0.15, -0.1) is 5.10 Å². The number of nitrogens with zero attached hydrogens (tertiary/aromatic N) is 5. The van der Waals surface area contributed by atoms with Crippen molar-refractivity contribution in [3.05, 3.63) is 16.6 Å². The lowest BCUT2D eigenvalue weighted by molar-refractivity contribution is 0.497. The number of hydrogen-bond donors (Lipinski definition) is 1. The van der Waals surface area contributed by atoms with Gasteiger partial charge >= 0.3 is 0 Å². The van der Waals surface area contributed by atoms with E-state index in [4.69, 9.17) is 0 Å². The Morgan fingerprint density at radius 2 is 2.26 bits per heavy atom. The number of fused-ring (bicyclic) bond motifs is 1. The maximum atomic E-state index is 12.1. The molecule has 1 aliphatic carbocycles. The first kappa shape index (κ1) is 12.3. The van der Waals surface area contributed by atoms with E-state index >= 15 is 0 Å². The lowest BCUT2D eigenvalue weighted by Crippen LogP contribution is -2.25. The Kier molecular flexibility index (Phi) is 3.29. The molecule has 102 valence electrons. The van der Waals surface area contributed by atoms with Crippen molar-refractivity contribution in [2.75, 3.05) is 6.54 Å². The maximum Gasteiger partial charge on any atom is 0.280 e. The smallest absolute Gasteiger partial charge is 0.280 e. The standard InChI is InChI=1S/C12H18N6O/c1-17-11-10(8-14-17)12(19)18(16-15-11)7-3-2-6-13-9-4-5-9/h8-9,13H,2-7H2,1H3. The molecule has 7 heteroatoms. The third-order valence-electron chi connectivity index (χ3n) is 3.43. The normalized spacial score (nSPS) is 15.2. The third kappa shape index (κ3) is 2.65. The van der Waals surface area contributed by atoms with Crippen LogP contribution in [0.2, 0.25) is 0 Å². The maximum absolute atomic E-state index is 12.1. The zero-order chi connectivity index (χ0) is 13.2. The molecule has 2 aromatic heterocycles. The second kappa shape index (κ2) is 5.08. The summed E-state index contributed by atoms with van der Waals surface area (Å²) in [6.07, 6.45) is 6.15. The summed E-state index contributed by atoms with van der Waals surface area (Å²) in [5.74, 6) is 0. The van der Waals surface area contributed by atoms with Crippen LogP contribution >= 0.6 is 0 Å². The lowest BCUT2D eigenvalue weighted by Gasteiger charge is -2.04. The Labute approximate surface area is 110 Å². The fraction of sp³-hybridized carbons (Fsp3) is 0.667. The van der Waals surface area contributed by atoms with E-state index in [1.165, 1.54) is 17.5 Å². The van der Waals surface area contributed by atoms with Crippen molar-refractivity contribution in [2.45, 2.75) is 38.3 Å². The van der Waals surface area contributed by atoms with Gasteiger partial charge in [0, 0.05) is 19.6 Å². The molecular formula is C12H18N6O. The van der Waals surface area contributed by atoms with E-state index in [2.05, 4.69) is 20.7 Å². The molecule has 2 heterocycles. The van der Waals surface area contributed by atoms with E-state index in [9.17, 15) is 4.79 Å². The van der Waals surface area contributed by atoms with Crippen LogP contribution in [0, 0.1) is 0 Å². The van der Waals surface area contributed by atoms with Gasteiger partial charge in [0.15, 0.2) is 5.65 Å². The van der Waals surface area contributed by atoms with Crippen LogP contribution in [0.1, 0.15) is 25.7 Å². The lowest BCUT2D eigenvalue weighted by atomic mass is 10.3. The van der Waals surface area contributed by atoms with Crippen LogP contribution in [0.15, 0.2) is 11.0 Å². The molecule has 2 aromatic rings. The van der Waals surface area contributed by atoms with Gasteiger partial charge in [-0.25, -0.2) is 9.36 Å². The fourth-order valence-electron chi connectivity index (χ4n) is 2.10. The first-order valence-electron chi connectivity index (χ1n) is 6.74. The second-order valence-electron chi connectivity index (χ2n) is 5.06. The summed E-state index contributed by atoms with van der Waals surface area (Å²) in [5, 5.41) is 16.0. The van der Waals surface area contributed by atoms with Crippen LogP contribution in [0.3, 0.4) is 0 Å². The molecule has 0 bridgehead atoms. The number of nitrogens with one attached hydrogen (secondary N) is 1. The highest BCUT2D eigenvalue weighted by Crippen LogP contribution is 2.18. The molecule has 0 unspecified atom stereocenters. The Morgan fingerprint density at radius 3 is 3.05 bits per heavy atom. The fourth-order valence-corrected chi connectivity index (χ4v) is 2.10. The Bertz CT molecular complexity index is 627. The van der Waals surface area contributed by atoms with Crippen molar-refractivity contribution >= 4 is 11.0 Å². The summed E-state index contributed by atoms with van der Waals surface area (Å²) < 4.78 is 2.99. The van der Waals surface area contributed by atoms with Crippen molar-refractivity contribution in [2.24, 2.45) is 7.05 Å². The Hall–Kier alpha value is -1.76. The van der Waals surface area contributed by atoms with Crippen molar-refractivity contribution in [3.63, 3.8) is 0 Å². The largest absolute Gasteiger partial charge is 0.314 e. The topological polar surface area (TPSA) is 77.6 Å². The molecule has 19 heavy (non-hydrogen) atoms. The summed E-state index contributed by atoms with van der Waals surface area (Å²) in [4.78, 5) is 12.1. The molecule has 0 aromatic carbocycles. The summed E-state index contributed by atoms with van der Waals surface area (Å²) in [6, 6.07) is 0.745. The number of aromatic nitrogens is 5. The molecule has 1 N–H and O–H groups in total. The second-order valence-corrected chi connectivity index (χ2v) is 5.06. The number of aryl methyl sites for hydroxylation is 2. The zero-order valence-corrected chi connectivity index (χ0v) is 11.0. The van der Waals surface area contributed by atoms with Crippen molar-refractivity contribution in [1.29, 1.82) is 0 Å². The summed E-state index contributed by atoms with van der Waals surface area (Å²) in [6.45, 7) is 1.63. The number of unbranched alkanes of at least 4 members (excludes halogenated alkanes) is 1.